The van der Waals surface area contributed by atoms with Crippen molar-refractivity contribution in [1.82, 2.24) is 14.6 Å². The SMILES string of the molecule is COc1ccc2nc(C=O)c(Cl)n2n1. The van der Waals surface area contributed by atoms with E-state index in [0.717, 1.165) is 0 Å². The molecule has 0 spiro atoms. The van der Waals surface area contributed by atoms with Gasteiger partial charge in [0.05, 0.1) is 7.11 Å². The van der Waals surface area contributed by atoms with E-state index in [1.807, 2.05) is 0 Å². The van der Waals surface area contributed by atoms with E-state index in [2.05, 4.69) is 10.1 Å². The molecule has 0 N–H and O–H groups in total. The molecule has 5 nitrogen and oxygen atoms in total. The fourth-order valence-corrected chi connectivity index (χ4v) is 1.30. The summed E-state index contributed by atoms with van der Waals surface area (Å²) in [6.07, 6.45) is 0.587. The number of methoxy groups -OCH3 is 1. The van der Waals surface area contributed by atoms with Gasteiger partial charge in [-0.1, -0.05) is 11.6 Å². The summed E-state index contributed by atoms with van der Waals surface area (Å²) >= 11 is 5.84. The summed E-state index contributed by atoms with van der Waals surface area (Å²) in [5.74, 6) is 0.411. The highest BCUT2D eigenvalue weighted by atomic mass is 35.5. The van der Waals surface area contributed by atoms with Crippen LogP contribution in [0.3, 0.4) is 0 Å². The summed E-state index contributed by atoms with van der Waals surface area (Å²) in [5, 5.41) is 4.19. The molecule has 0 saturated heterocycles. The van der Waals surface area contributed by atoms with Gasteiger partial charge in [0.1, 0.15) is 5.69 Å². The Morgan fingerprint density at radius 3 is 3.00 bits per heavy atom. The molecule has 0 saturated carbocycles. The highest BCUT2D eigenvalue weighted by Crippen LogP contribution is 2.17. The molecule has 72 valence electrons. The smallest absolute Gasteiger partial charge is 0.231 e. The predicted molar refractivity (Wildman–Crippen MR) is 49.9 cm³/mol. The normalized spacial score (nSPS) is 10.4. The van der Waals surface area contributed by atoms with E-state index in [0.29, 0.717) is 17.8 Å². The largest absolute Gasteiger partial charge is 0.480 e. The van der Waals surface area contributed by atoms with Gasteiger partial charge in [-0.3, -0.25) is 4.79 Å². The minimum Gasteiger partial charge on any atom is -0.480 e. The molecule has 0 bridgehead atoms. The Labute approximate surface area is 84.3 Å². The third-order valence-corrected chi connectivity index (χ3v) is 2.10. The molecule has 0 unspecified atom stereocenters. The Morgan fingerprint density at radius 2 is 2.36 bits per heavy atom. The van der Waals surface area contributed by atoms with Crippen molar-refractivity contribution < 1.29 is 9.53 Å². The number of nitrogens with zero attached hydrogens (tertiary/aromatic N) is 3. The first-order valence-corrected chi connectivity index (χ1v) is 4.18. The zero-order valence-corrected chi connectivity index (χ0v) is 8.02. The van der Waals surface area contributed by atoms with E-state index in [-0.39, 0.29) is 10.8 Å². The Kier molecular flexibility index (Phi) is 2.09. The second-order valence-electron chi connectivity index (χ2n) is 2.55. The Balaban J connectivity index is 2.74. The van der Waals surface area contributed by atoms with Gasteiger partial charge >= 0.3 is 0 Å². The Bertz CT molecular complexity index is 495. The Hall–Kier alpha value is -1.62. The lowest BCUT2D eigenvalue weighted by Crippen LogP contribution is -1.95. The molecule has 6 heteroatoms. The predicted octanol–water partition coefficient (Wildman–Crippen LogP) is 1.20. The van der Waals surface area contributed by atoms with Crippen LogP contribution in [0.4, 0.5) is 0 Å². The third kappa shape index (κ3) is 1.22. The van der Waals surface area contributed by atoms with Gasteiger partial charge in [0.2, 0.25) is 5.88 Å². The van der Waals surface area contributed by atoms with Crippen LogP contribution in [0.2, 0.25) is 5.15 Å². The lowest BCUT2D eigenvalue weighted by atomic mass is 10.5. The molecular formula is C8H6ClN3O2. The van der Waals surface area contributed by atoms with Crippen molar-refractivity contribution in [3.05, 3.63) is 23.0 Å². The van der Waals surface area contributed by atoms with Crippen LogP contribution in [0, 0.1) is 0 Å². The number of rotatable bonds is 2. The standard InChI is InChI=1S/C8H6ClN3O2/c1-14-7-3-2-6-10-5(4-13)8(9)12(6)11-7/h2-4H,1H3. The second-order valence-corrected chi connectivity index (χ2v) is 2.91. The molecule has 0 aliphatic rings. The van der Waals surface area contributed by atoms with E-state index in [1.165, 1.54) is 11.6 Å². The van der Waals surface area contributed by atoms with E-state index < -0.39 is 0 Å². The zero-order valence-electron chi connectivity index (χ0n) is 7.27. The number of ether oxygens (including phenoxy) is 1. The van der Waals surface area contributed by atoms with Gasteiger partial charge < -0.3 is 4.74 Å². The maximum absolute atomic E-state index is 10.5. The van der Waals surface area contributed by atoms with Crippen molar-refractivity contribution in [2.24, 2.45) is 0 Å². The summed E-state index contributed by atoms with van der Waals surface area (Å²) in [6, 6.07) is 3.32. The van der Waals surface area contributed by atoms with Gasteiger partial charge in [-0.2, -0.15) is 4.52 Å². The van der Waals surface area contributed by atoms with Crippen molar-refractivity contribution in [2.75, 3.05) is 7.11 Å². The second kappa shape index (κ2) is 3.26. The van der Waals surface area contributed by atoms with Crippen LogP contribution in [0.15, 0.2) is 12.1 Å². The van der Waals surface area contributed by atoms with Crippen LogP contribution < -0.4 is 4.74 Å². The maximum Gasteiger partial charge on any atom is 0.231 e. The quantitative estimate of drug-likeness (QED) is 0.701. The van der Waals surface area contributed by atoms with Crippen LogP contribution in [0.25, 0.3) is 5.65 Å². The lowest BCUT2D eigenvalue weighted by Gasteiger charge is -1.98. The van der Waals surface area contributed by atoms with Crippen LogP contribution in [0.1, 0.15) is 10.5 Å². The van der Waals surface area contributed by atoms with E-state index in [9.17, 15) is 4.79 Å². The fourth-order valence-electron chi connectivity index (χ4n) is 1.09. The minimum atomic E-state index is 0.174. The monoisotopic (exact) mass is 211 g/mol. The number of aromatic nitrogens is 3. The molecule has 0 atom stereocenters. The molecule has 2 aromatic heterocycles. The van der Waals surface area contributed by atoms with Gasteiger partial charge in [0, 0.05) is 6.07 Å². The van der Waals surface area contributed by atoms with Crippen LogP contribution >= 0.6 is 11.6 Å². The summed E-state index contributed by atoms with van der Waals surface area (Å²) in [5.41, 5.74) is 0.685. The van der Waals surface area contributed by atoms with Gasteiger partial charge in [0.15, 0.2) is 17.1 Å². The van der Waals surface area contributed by atoms with Crippen molar-refractivity contribution >= 4 is 23.5 Å². The highest BCUT2D eigenvalue weighted by Gasteiger charge is 2.10. The number of imidazole rings is 1. The summed E-state index contributed by atoms with van der Waals surface area (Å²) in [6.45, 7) is 0. The molecule has 2 heterocycles. The number of hydrogen-bond acceptors (Lipinski definition) is 4. The summed E-state index contributed by atoms with van der Waals surface area (Å²) < 4.78 is 6.26. The maximum atomic E-state index is 10.5. The molecule has 0 amide bonds. The van der Waals surface area contributed by atoms with E-state index >= 15 is 0 Å². The first-order chi connectivity index (χ1) is 6.76. The number of carbonyl (C=O) groups is 1. The van der Waals surface area contributed by atoms with Crippen molar-refractivity contribution in [2.45, 2.75) is 0 Å². The Morgan fingerprint density at radius 1 is 1.57 bits per heavy atom. The van der Waals surface area contributed by atoms with Gasteiger partial charge in [0.25, 0.3) is 0 Å². The van der Waals surface area contributed by atoms with Crippen LogP contribution in [-0.4, -0.2) is 28.0 Å². The molecule has 0 aliphatic carbocycles. The molecular weight excluding hydrogens is 206 g/mol. The van der Waals surface area contributed by atoms with Crippen LogP contribution in [0.5, 0.6) is 5.88 Å². The van der Waals surface area contributed by atoms with Crippen molar-refractivity contribution in [3.63, 3.8) is 0 Å². The average Bonchev–Trinajstić information content (AvgIpc) is 2.55. The number of fused-ring (bicyclic) bond motifs is 1. The molecule has 2 rings (SSSR count). The average molecular weight is 212 g/mol. The first-order valence-electron chi connectivity index (χ1n) is 3.80. The third-order valence-electron chi connectivity index (χ3n) is 1.74. The molecule has 14 heavy (non-hydrogen) atoms. The van der Waals surface area contributed by atoms with Crippen LogP contribution in [-0.2, 0) is 0 Å². The molecule has 0 aromatic carbocycles. The number of halogens is 1. The van der Waals surface area contributed by atoms with Gasteiger partial charge in [-0.25, -0.2) is 4.98 Å². The van der Waals surface area contributed by atoms with E-state index in [1.54, 1.807) is 12.1 Å². The minimum absolute atomic E-state index is 0.174. The number of carbonyl (C=O) groups excluding carboxylic acids is 1. The highest BCUT2D eigenvalue weighted by molar-refractivity contribution is 6.32. The van der Waals surface area contributed by atoms with Crippen molar-refractivity contribution in [3.8, 4) is 5.88 Å². The molecule has 0 fully saturated rings. The molecule has 0 aliphatic heterocycles. The first kappa shape index (κ1) is 8.96. The number of aldehydes is 1. The molecule has 0 radical (unpaired) electrons. The topological polar surface area (TPSA) is 56.5 Å². The van der Waals surface area contributed by atoms with Crippen molar-refractivity contribution in [1.29, 1.82) is 0 Å². The zero-order chi connectivity index (χ0) is 10.1. The van der Waals surface area contributed by atoms with E-state index in [4.69, 9.17) is 16.3 Å². The lowest BCUT2D eigenvalue weighted by molar-refractivity contribution is 0.111. The fraction of sp³-hybridized carbons (Fsp3) is 0.125. The number of hydrogen-bond donors (Lipinski definition) is 0. The summed E-state index contributed by atoms with van der Waals surface area (Å²) in [7, 11) is 1.50. The molecule has 2 aromatic rings. The van der Waals surface area contributed by atoms with Gasteiger partial charge in [-0.15, -0.1) is 5.10 Å². The summed E-state index contributed by atoms with van der Waals surface area (Å²) in [4.78, 5) is 14.5. The van der Waals surface area contributed by atoms with Gasteiger partial charge in [-0.05, 0) is 6.07 Å².